The number of nitro groups is 2. The lowest BCUT2D eigenvalue weighted by atomic mass is 10.3. The Morgan fingerprint density at radius 1 is 1.29 bits per heavy atom. The summed E-state index contributed by atoms with van der Waals surface area (Å²) in [6.07, 6.45) is 1.66. The number of unbranched alkanes of at least 4 members (excludes halogenated alkanes) is 1. The van der Waals surface area contributed by atoms with Crippen LogP contribution in [0.2, 0.25) is 0 Å². The Labute approximate surface area is 124 Å². The molecule has 0 spiro atoms. The molecular formula is C12H14N2O6S. The molecule has 21 heavy (non-hydrogen) atoms. The number of rotatable bonds is 8. The van der Waals surface area contributed by atoms with Crippen LogP contribution in [0.3, 0.4) is 0 Å². The number of hydrogen-bond donors (Lipinski definition) is 0. The third-order valence-electron chi connectivity index (χ3n) is 2.46. The predicted molar refractivity (Wildman–Crippen MR) is 76.3 cm³/mol. The first-order valence-corrected chi connectivity index (χ1v) is 7.15. The SMILES string of the molecule is CCCCOC(=O)CSc1ccc([N+](=O)[O-])cc1[N+](=O)[O-]. The van der Waals surface area contributed by atoms with E-state index in [1.807, 2.05) is 6.92 Å². The number of carbonyl (C=O) groups is 1. The average Bonchev–Trinajstić information content (AvgIpc) is 2.45. The highest BCUT2D eigenvalue weighted by Crippen LogP contribution is 2.32. The molecule has 9 heteroatoms. The van der Waals surface area contributed by atoms with Crippen molar-refractivity contribution in [1.29, 1.82) is 0 Å². The van der Waals surface area contributed by atoms with Gasteiger partial charge in [0.2, 0.25) is 0 Å². The molecule has 0 aromatic heterocycles. The number of carbonyl (C=O) groups excluding carboxylic acids is 1. The average molecular weight is 314 g/mol. The molecule has 0 radical (unpaired) electrons. The number of ether oxygens (including phenoxy) is 1. The highest BCUT2D eigenvalue weighted by atomic mass is 32.2. The van der Waals surface area contributed by atoms with Crippen LogP contribution in [-0.2, 0) is 9.53 Å². The van der Waals surface area contributed by atoms with Crippen molar-refractivity contribution in [3.8, 4) is 0 Å². The molecule has 0 aliphatic carbocycles. The minimum Gasteiger partial charge on any atom is -0.465 e. The summed E-state index contributed by atoms with van der Waals surface area (Å²) in [5, 5.41) is 21.5. The molecular weight excluding hydrogens is 300 g/mol. The number of hydrogen-bond acceptors (Lipinski definition) is 7. The molecule has 0 N–H and O–H groups in total. The Balaban J connectivity index is 2.72. The Kier molecular flexibility index (Phi) is 6.60. The van der Waals surface area contributed by atoms with Crippen molar-refractivity contribution in [1.82, 2.24) is 0 Å². The minimum absolute atomic E-state index is 0.0810. The second-order valence-electron chi connectivity index (χ2n) is 4.03. The summed E-state index contributed by atoms with van der Waals surface area (Å²) in [5.74, 6) is -0.552. The van der Waals surface area contributed by atoms with Crippen molar-refractivity contribution in [3.63, 3.8) is 0 Å². The summed E-state index contributed by atoms with van der Waals surface area (Å²) in [7, 11) is 0. The molecule has 0 amide bonds. The molecule has 1 rings (SSSR count). The Bertz CT molecular complexity index is 549. The molecule has 0 fully saturated rings. The van der Waals surface area contributed by atoms with Gasteiger partial charge in [0.25, 0.3) is 11.4 Å². The molecule has 114 valence electrons. The van der Waals surface area contributed by atoms with Crippen LogP contribution in [-0.4, -0.2) is 28.2 Å². The van der Waals surface area contributed by atoms with Crippen molar-refractivity contribution < 1.29 is 19.4 Å². The van der Waals surface area contributed by atoms with E-state index in [9.17, 15) is 25.0 Å². The Morgan fingerprint density at radius 2 is 2.00 bits per heavy atom. The van der Waals surface area contributed by atoms with Crippen molar-refractivity contribution in [3.05, 3.63) is 38.4 Å². The number of benzene rings is 1. The predicted octanol–water partition coefficient (Wildman–Crippen LogP) is 2.94. The van der Waals surface area contributed by atoms with Gasteiger partial charge in [0, 0.05) is 6.07 Å². The molecule has 1 aromatic carbocycles. The second-order valence-corrected chi connectivity index (χ2v) is 5.05. The van der Waals surface area contributed by atoms with E-state index in [0.29, 0.717) is 6.61 Å². The van der Waals surface area contributed by atoms with Gasteiger partial charge < -0.3 is 4.74 Å². The van der Waals surface area contributed by atoms with Crippen molar-refractivity contribution in [2.45, 2.75) is 24.7 Å². The topological polar surface area (TPSA) is 113 Å². The molecule has 0 unspecified atom stereocenters. The summed E-state index contributed by atoms with van der Waals surface area (Å²) in [6, 6.07) is 3.31. The van der Waals surface area contributed by atoms with Gasteiger partial charge in [-0.3, -0.25) is 25.0 Å². The van der Waals surface area contributed by atoms with Gasteiger partial charge in [0.1, 0.15) is 0 Å². The summed E-state index contributed by atoms with van der Waals surface area (Å²) < 4.78 is 4.93. The molecule has 0 aliphatic rings. The largest absolute Gasteiger partial charge is 0.465 e. The maximum atomic E-state index is 11.4. The third kappa shape index (κ3) is 5.38. The second kappa shape index (κ2) is 8.20. The highest BCUT2D eigenvalue weighted by Gasteiger charge is 2.20. The summed E-state index contributed by atoms with van der Waals surface area (Å²) in [5.41, 5.74) is -0.757. The quantitative estimate of drug-likeness (QED) is 0.238. The standard InChI is InChI=1S/C12H14N2O6S/c1-2-3-6-20-12(15)8-21-11-5-4-9(13(16)17)7-10(11)14(18)19/h4-5,7H,2-3,6,8H2,1H3. The zero-order valence-electron chi connectivity index (χ0n) is 11.3. The summed E-state index contributed by atoms with van der Waals surface area (Å²) in [4.78, 5) is 31.7. The van der Waals surface area contributed by atoms with Crippen LogP contribution in [0.1, 0.15) is 19.8 Å². The van der Waals surface area contributed by atoms with Crippen molar-refractivity contribution in [2.24, 2.45) is 0 Å². The lowest BCUT2D eigenvalue weighted by Crippen LogP contribution is -2.08. The summed E-state index contributed by atoms with van der Waals surface area (Å²) in [6.45, 7) is 2.28. The smallest absolute Gasteiger partial charge is 0.316 e. The maximum Gasteiger partial charge on any atom is 0.316 e. The first-order valence-electron chi connectivity index (χ1n) is 6.17. The van der Waals surface area contributed by atoms with E-state index in [4.69, 9.17) is 4.74 Å². The molecule has 0 atom stereocenters. The van der Waals surface area contributed by atoms with Crippen molar-refractivity contribution in [2.75, 3.05) is 12.4 Å². The zero-order chi connectivity index (χ0) is 15.8. The normalized spacial score (nSPS) is 10.1. The number of esters is 1. The van der Waals surface area contributed by atoms with Gasteiger partial charge in [0.15, 0.2) is 0 Å². The van der Waals surface area contributed by atoms with Gasteiger partial charge in [-0.25, -0.2) is 0 Å². The van der Waals surface area contributed by atoms with E-state index in [1.54, 1.807) is 0 Å². The van der Waals surface area contributed by atoms with Crippen LogP contribution in [0.15, 0.2) is 23.1 Å². The van der Waals surface area contributed by atoms with E-state index >= 15 is 0 Å². The van der Waals surface area contributed by atoms with E-state index in [1.165, 1.54) is 6.07 Å². The lowest BCUT2D eigenvalue weighted by molar-refractivity contribution is -0.396. The van der Waals surface area contributed by atoms with E-state index in [0.717, 1.165) is 36.7 Å². The van der Waals surface area contributed by atoms with Crippen LogP contribution in [0, 0.1) is 20.2 Å². The van der Waals surface area contributed by atoms with Gasteiger partial charge in [-0.2, -0.15) is 0 Å². The fraction of sp³-hybridized carbons (Fsp3) is 0.417. The van der Waals surface area contributed by atoms with Crippen molar-refractivity contribution >= 4 is 29.1 Å². The van der Waals surface area contributed by atoms with Crippen LogP contribution in [0.4, 0.5) is 11.4 Å². The van der Waals surface area contributed by atoms with Crippen LogP contribution >= 0.6 is 11.8 Å². The molecule has 1 aromatic rings. The molecule has 8 nitrogen and oxygen atoms in total. The van der Waals surface area contributed by atoms with Gasteiger partial charge in [-0.15, -0.1) is 11.8 Å². The highest BCUT2D eigenvalue weighted by molar-refractivity contribution is 8.00. The van der Waals surface area contributed by atoms with E-state index in [2.05, 4.69) is 0 Å². The fourth-order valence-electron chi connectivity index (χ4n) is 1.39. The van der Waals surface area contributed by atoms with Gasteiger partial charge in [-0.05, 0) is 12.5 Å². The van der Waals surface area contributed by atoms with E-state index in [-0.39, 0.29) is 16.3 Å². The van der Waals surface area contributed by atoms with Gasteiger partial charge in [0.05, 0.1) is 33.2 Å². The third-order valence-corrected chi connectivity index (χ3v) is 3.49. The summed E-state index contributed by atoms with van der Waals surface area (Å²) >= 11 is 0.923. The van der Waals surface area contributed by atoms with Gasteiger partial charge in [-0.1, -0.05) is 13.3 Å². The number of thioether (sulfide) groups is 1. The first kappa shape index (κ1) is 16.9. The molecule has 0 saturated heterocycles. The maximum absolute atomic E-state index is 11.4. The Hall–Kier alpha value is -2.16. The lowest BCUT2D eigenvalue weighted by Gasteiger charge is -2.04. The number of non-ortho nitro benzene ring substituents is 1. The first-order chi connectivity index (χ1) is 9.95. The number of nitro benzene ring substituents is 2. The molecule has 0 aliphatic heterocycles. The molecule has 0 saturated carbocycles. The zero-order valence-corrected chi connectivity index (χ0v) is 12.1. The Morgan fingerprint density at radius 3 is 2.57 bits per heavy atom. The van der Waals surface area contributed by atoms with E-state index < -0.39 is 21.5 Å². The molecule has 0 bridgehead atoms. The van der Waals surface area contributed by atoms with Crippen LogP contribution in [0.25, 0.3) is 0 Å². The molecule has 0 heterocycles. The van der Waals surface area contributed by atoms with Crippen LogP contribution < -0.4 is 0 Å². The minimum atomic E-state index is -0.711. The number of nitrogens with zero attached hydrogens (tertiary/aromatic N) is 2. The van der Waals surface area contributed by atoms with Gasteiger partial charge >= 0.3 is 5.97 Å². The van der Waals surface area contributed by atoms with Crippen LogP contribution in [0.5, 0.6) is 0 Å². The monoisotopic (exact) mass is 314 g/mol. The fourth-order valence-corrected chi connectivity index (χ4v) is 2.20.